The molecule has 0 bridgehead atoms. The molecule has 11 heteroatoms. The summed E-state index contributed by atoms with van der Waals surface area (Å²) in [6.45, 7) is 1.86. The molecule has 1 aromatic carbocycles. The summed E-state index contributed by atoms with van der Waals surface area (Å²) in [5.74, 6) is 0.664. The summed E-state index contributed by atoms with van der Waals surface area (Å²) in [6, 6.07) is 7.13. The Hall–Kier alpha value is -3.73. The number of nitrogens with one attached hydrogen (secondary N) is 1. The maximum Gasteiger partial charge on any atom is 0.277 e. The lowest BCUT2D eigenvalue weighted by Gasteiger charge is -2.22. The molecule has 4 heterocycles. The molecule has 0 saturated carbocycles. The highest BCUT2D eigenvalue weighted by Gasteiger charge is 2.26. The molecule has 1 aliphatic rings. The average molecular weight is 482 g/mol. The van der Waals surface area contributed by atoms with Crippen molar-refractivity contribution < 1.29 is 22.4 Å². The number of sulfone groups is 1. The minimum atomic E-state index is -2.95. The fourth-order valence-corrected chi connectivity index (χ4v) is 5.51. The van der Waals surface area contributed by atoms with Crippen molar-refractivity contribution in [3.8, 4) is 17.2 Å². The van der Waals surface area contributed by atoms with Crippen molar-refractivity contribution in [1.29, 1.82) is 0 Å². The highest BCUT2D eigenvalue weighted by Crippen LogP contribution is 2.32. The zero-order valence-electron chi connectivity index (χ0n) is 18.7. The van der Waals surface area contributed by atoms with Crippen LogP contribution in [-0.4, -0.2) is 52.7 Å². The molecule has 0 aliphatic carbocycles. The highest BCUT2D eigenvalue weighted by molar-refractivity contribution is 7.91. The van der Waals surface area contributed by atoms with Crippen molar-refractivity contribution >= 4 is 32.3 Å². The number of amides is 1. The average Bonchev–Trinajstić information content (AvgIpc) is 3.46. The van der Waals surface area contributed by atoms with E-state index in [2.05, 4.69) is 20.4 Å². The third-order valence-corrected chi connectivity index (χ3v) is 7.59. The van der Waals surface area contributed by atoms with E-state index < -0.39 is 15.7 Å². The SMILES string of the molecule is COc1cc2nn(C3CCS(=O)(=O)CC3)cc2cc1NC(=O)c1coc(-c2ccnc(C)c2)n1. The molecule has 0 unspecified atom stereocenters. The number of benzene rings is 1. The maximum absolute atomic E-state index is 12.9. The van der Waals surface area contributed by atoms with Gasteiger partial charge in [-0.25, -0.2) is 13.4 Å². The Labute approximate surface area is 195 Å². The first kappa shape index (κ1) is 22.1. The standard InChI is InChI=1S/C23H23N5O5S/c1-14-9-15(3-6-24-14)23-26-20(13-33-23)22(29)25-19-10-16-12-28(27-18(16)11-21(19)32-2)17-4-7-34(30,31)8-5-17/h3,6,9-13,17H,4-5,7-8H2,1-2H3,(H,25,29). The lowest BCUT2D eigenvalue weighted by molar-refractivity contribution is 0.102. The van der Waals surface area contributed by atoms with E-state index in [9.17, 15) is 13.2 Å². The van der Waals surface area contributed by atoms with Crippen LogP contribution in [0.25, 0.3) is 22.4 Å². The fourth-order valence-electron chi connectivity index (χ4n) is 4.04. The van der Waals surface area contributed by atoms with Gasteiger partial charge in [0.05, 0.1) is 35.9 Å². The number of ether oxygens (including phenoxy) is 1. The van der Waals surface area contributed by atoms with E-state index >= 15 is 0 Å². The number of aromatic nitrogens is 4. The van der Waals surface area contributed by atoms with Gasteiger partial charge < -0.3 is 14.5 Å². The Balaban J connectivity index is 1.38. The summed E-state index contributed by atoms with van der Waals surface area (Å²) in [7, 11) is -1.44. The molecule has 34 heavy (non-hydrogen) atoms. The summed E-state index contributed by atoms with van der Waals surface area (Å²) >= 11 is 0. The van der Waals surface area contributed by atoms with E-state index in [0.717, 1.165) is 16.6 Å². The number of oxazole rings is 1. The molecule has 1 N–H and O–H groups in total. The van der Waals surface area contributed by atoms with Crippen molar-refractivity contribution in [1.82, 2.24) is 19.7 Å². The van der Waals surface area contributed by atoms with Gasteiger partial charge in [-0.1, -0.05) is 0 Å². The minimum Gasteiger partial charge on any atom is -0.494 e. The molecule has 3 aromatic heterocycles. The van der Waals surface area contributed by atoms with Gasteiger partial charge in [0.1, 0.15) is 21.8 Å². The van der Waals surface area contributed by atoms with Gasteiger partial charge in [-0.3, -0.25) is 14.5 Å². The lowest BCUT2D eigenvalue weighted by atomic mass is 10.1. The number of carbonyl (C=O) groups is 1. The fraction of sp³-hybridized carbons (Fsp3) is 0.304. The van der Waals surface area contributed by atoms with Crippen LogP contribution < -0.4 is 10.1 Å². The Morgan fingerprint density at radius 3 is 2.76 bits per heavy atom. The number of methoxy groups -OCH3 is 1. The second-order valence-corrected chi connectivity index (χ2v) is 10.6. The predicted octanol–water partition coefficient (Wildman–Crippen LogP) is 3.41. The van der Waals surface area contributed by atoms with E-state index in [1.165, 1.54) is 13.4 Å². The summed E-state index contributed by atoms with van der Waals surface area (Å²) in [5, 5.41) is 8.25. The smallest absolute Gasteiger partial charge is 0.277 e. The van der Waals surface area contributed by atoms with Crippen LogP contribution in [0.4, 0.5) is 5.69 Å². The van der Waals surface area contributed by atoms with Gasteiger partial charge in [0, 0.05) is 35.1 Å². The molecule has 5 rings (SSSR count). The van der Waals surface area contributed by atoms with Crippen molar-refractivity contribution in [2.45, 2.75) is 25.8 Å². The molecule has 1 aliphatic heterocycles. The number of fused-ring (bicyclic) bond motifs is 1. The Morgan fingerprint density at radius 1 is 1.24 bits per heavy atom. The van der Waals surface area contributed by atoms with Crippen LogP contribution in [0.2, 0.25) is 0 Å². The van der Waals surface area contributed by atoms with E-state index in [0.29, 0.717) is 35.7 Å². The number of hydrogen-bond donors (Lipinski definition) is 1. The zero-order valence-corrected chi connectivity index (χ0v) is 19.5. The molecule has 0 spiro atoms. The summed E-state index contributed by atoms with van der Waals surface area (Å²) < 4.78 is 36.3. The van der Waals surface area contributed by atoms with Crippen LogP contribution in [0.15, 0.2) is 47.3 Å². The second kappa shape index (κ2) is 8.56. The van der Waals surface area contributed by atoms with E-state index in [1.807, 2.05) is 23.9 Å². The second-order valence-electron chi connectivity index (χ2n) is 8.28. The first-order valence-electron chi connectivity index (χ1n) is 10.8. The Bertz CT molecular complexity index is 1480. The number of rotatable bonds is 5. The van der Waals surface area contributed by atoms with Crippen molar-refractivity contribution in [2.75, 3.05) is 23.9 Å². The quantitative estimate of drug-likeness (QED) is 0.459. The summed E-state index contributed by atoms with van der Waals surface area (Å²) in [6.07, 6.45) is 5.89. The molecule has 176 valence electrons. The van der Waals surface area contributed by atoms with Gasteiger partial charge in [-0.15, -0.1) is 0 Å². The van der Waals surface area contributed by atoms with Crippen LogP contribution in [0.1, 0.15) is 35.1 Å². The summed E-state index contributed by atoms with van der Waals surface area (Å²) in [5.41, 5.74) is 2.84. The van der Waals surface area contributed by atoms with Crippen LogP contribution in [0.5, 0.6) is 5.75 Å². The van der Waals surface area contributed by atoms with Crippen LogP contribution in [-0.2, 0) is 9.84 Å². The molecular weight excluding hydrogens is 458 g/mol. The first-order chi connectivity index (χ1) is 16.3. The summed E-state index contributed by atoms with van der Waals surface area (Å²) in [4.78, 5) is 21.3. The third-order valence-electron chi connectivity index (χ3n) is 5.87. The van der Waals surface area contributed by atoms with Gasteiger partial charge in [-0.05, 0) is 38.0 Å². The zero-order chi connectivity index (χ0) is 23.9. The molecule has 0 atom stereocenters. The number of aryl methyl sites for hydroxylation is 1. The van der Waals surface area contributed by atoms with Gasteiger partial charge in [0.25, 0.3) is 5.91 Å². The number of hydrogen-bond acceptors (Lipinski definition) is 8. The Morgan fingerprint density at radius 2 is 2.03 bits per heavy atom. The van der Waals surface area contributed by atoms with Crippen LogP contribution >= 0.6 is 0 Å². The van der Waals surface area contributed by atoms with Gasteiger partial charge in [0.2, 0.25) is 5.89 Å². The third kappa shape index (κ3) is 4.38. The number of pyridine rings is 1. The predicted molar refractivity (Wildman–Crippen MR) is 126 cm³/mol. The first-order valence-corrected chi connectivity index (χ1v) is 12.6. The normalized spacial score (nSPS) is 15.9. The van der Waals surface area contributed by atoms with E-state index in [4.69, 9.17) is 9.15 Å². The molecule has 1 saturated heterocycles. The molecule has 10 nitrogen and oxygen atoms in total. The molecule has 1 amide bonds. The van der Waals surface area contributed by atoms with E-state index in [1.54, 1.807) is 24.4 Å². The van der Waals surface area contributed by atoms with Crippen LogP contribution in [0.3, 0.4) is 0 Å². The van der Waals surface area contributed by atoms with Gasteiger partial charge in [-0.2, -0.15) is 5.10 Å². The van der Waals surface area contributed by atoms with Crippen LogP contribution in [0, 0.1) is 6.92 Å². The molecule has 0 radical (unpaired) electrons. The number of carbonyl (C=O) groups excluding carboxylic acids is 1. The monoisotopic (exact) mass is 481 g/mol. The molecule has 1 fully saturated rings. The number of nitrogens with zero attached hydrogens (tertiary/aromatic N) is 4. The van der Waals surface area contributed by atoms with E-state index in [-0.39, 0.29) is 23.2 Å². The van der Waals surface area contributed by atoms with Gasteiger partial charge >= 0.3 is 0 Å². The maximum atomic E-state index is 12.9. The Kier molecular flexibility index (Phi) is 5.56. The largest absolute Gasteiger partial charge is 0.494 e. The lowest BCUT2D eigenvalue weighted by Crippen LogP contribution is -2.25. The van der Waals surface area contributed by atoms with Crippen molar-refractivity contribution in [3.05, 3.63) is 54.3 Å². The highest BCUT2D eigenvalue weighted by atomic mass is 32.2. The van der Waals surface area contributed by atoms with Crippen molar-refractivity contribution in [3.63, 3.8) is 0 Å². The topological polar surface area (TPSA) is 129 Å². The molecular formula is C23H23N5O5S. The minimum absolute atomic E-state index is 0.0188. The van der Waals surface area contributed by atoms with Gasteiger partial charge in [0.15, 0.2) is 5.69 Å². The van der Waals surface area contributed by atoms with Crippen molar-refractivity contribution in [2.24, 2.45) is 0 Å². The molecule has 4 aromatic rings. The number of anilines is 1.